The van der Waals surface area contributed by atoms with Crippen LogP contribution in [-0.4, -0.2) is 18.4 Å². The second-order valence-electron chi connectivity index (χ2n) is 5.94. The second kappa shape index (κ2) is 6.71. The van der Waals surface area contributed by atoms with E-state index in [1.165, 1.54) is 23.5 Å². The Morgan fingerprint density at radius 3 is 2.56 bits per heavy atom. The van der Waals surface area contributed by atoms with E-state index in [0.29, 0.717) is 5.69 Å². The predicted molar refractivity (Wildman–Crippen MR) is 105 cm³/mol. The molecule has 0 radical (unpaired) electrons. The largest absolute Gasteiger partial charge is 0.279 e. The molecule has 0 aliphatic heterocycles. The van der Waals surface area contributed by atoms with Crippen molar-refractivity contribution in [3.63, 3.8) is 0 Å². The topological polar surface area (TPSA) is 72.0 Å². The number of fused-ring (bicyclic) bond motifs is 1. The molecule has 0 aliphatic rings. The average molecular weight is 399 g/mol. The van der Waals surface area contributed by atoms with E-state index in [1.54, 1.807) is 12.3 Å². The van der Waals surface area contributed by atoms with Gasteiger partial charge in [0.25, 0.3) is 10.0 Å². The van der Waals surface area contributed by atoms with Crippen molar-refractivity contribution in [2.45, 2.75) is 11.8 Å². The summed E-state index contributed by atoms with van der Waals surface area (Å²) in [6.07, 6.45) is 1.73. The fourth-order valence-corrected chi connectivity index (χ4v) is 4.66. The van der Waals surface area contributed by atoms with E-state index < -0.39 is 15.8 Å². The molecule has 0 saturated heterocycles. The molecule has 0 atom stereocenters. The highest BCUT2D eigenvalue weighted by Gasteiger charge is 2.16. The third kappa shape index (κ3) is 3.54. The number of nitrogens with one attached hydrogen (secondary N) is 1. The molecule has 0 fully saturated rings. The molecule has 2 aromatic heterocycles. The molecule has 136 valence electrons. The van der Waals surface area contributed by atoms with E-state index in [1.807, 2.05) is 31.2 Å². The van der Waals surface area contributed by atoms with Gasteiger partial charge in [-0.1, -0.05) is 11.3 Å². The number of benzene rings is 2. The van der Waals surface area contributed by atoms with Gasteiger partial charge in [0.1, 0.15) is 21.2 Å². The number of rotatable bonds is 4. The van der Waals surface area contributed by atoms with Gasteiger partial charge in [-0.2, -0.15) is 0 Å². The molecular weight excluding hydrogens is 385 g/mol. The highest BCUT2D eigenvalue weighted by molar-refractivity contribution is 7.92. The van der Waals surface area contributed by atoms with Crippen LogP contribution in [0.15, 0.2) is 65.7 Å². The van der Waals surface area contributed by atoms with E-state index >= 15 is 0 Å². The lowest BCUT2D eigenvalue weighted by atomic mass is 10.1. The predicted octanol–water partition coefficient (Wildman–Crippen LogP) is 4.61. The number of aryl methyl sites for hydroxylation is 1. The summed E-state index contributed by atoms with van der Waals surface area (Å²) in [6, 6.07) is 13.8. The molecule has 27 heavy (non-hydrogen) atoms. The maximum absolute atomic E-state index is 13.0. The highest BCUT2D eigenvalue weighted by Crippen LogP contribution is 2.31. The molecule has 4 rings (SSSR count). The summed E-state index contributed by atoms with van der Waals surface area (Å²) < 4.78 is 40.5. The highest BCUT2D eigenvalue weighted by atomic mass is 32.2. The molecule has 5 nitrogen and oxygen atoms in total. The lowest BCUT2D eigenvalue weighted by molar-refractivity contribution is 0.599. The van der Waals surface area contributed by atoms with Gasteiger partial charge in [0, 0.05) is 11.8 Å². The zero-order chi connectivity index (χ0) is 19.0. The van der Waals surface area contributed by atoms with Gasteiger partial charge in [0.2, 0.25) is 0 Å². The molecule has 8 heteroatoms. The summed E-state index contributed by atoms with van der Waals surface area (Å²) in [5, 5.41) is 0.819. The van der Waals surface area contributed by atoms with Crippen molar-refractivity contribution in [3.8, 4) is 10.6 Å². The molecule has 0 spiro atoms. The number of nitrogens with zero attached hydrogens (tertiary/aromatic N) is 2. The quantitative estimate of drug-likeness (QED) is 0.544. The van der Waals surface area contributed by atoms with Crippen molar-refractivity contribution in [2.24, 2.45) is 0 Å². The van der Waals surface area contributed by atoms with Crippen LogP contribution in [0.25, 0.3) is 20.9 Å². The van der Waals surface area contributed by atoms with Crippen LogP contribution >= 0.6 is 11.3 Å². The zero-order valence-electron chi connectivity index (χ0n) is 14.2. The first kappa shape index (κ1) is 17.6. The number of pyridine rings is 1. The Balaban J connectivity index is 1.64. The molecular formula is C19H14FN3O2S2. The summed E-state index contributed by atoms with van der Waals surface area (Å²) >= 11 is 1.48. The second-order valence-corrected chi connectivity index (χ2v) is 8.60. The summed E-state index contributed by atoms with van der Waals surface area (Å²) in [4.78, 5) is 9.72. The zero-order valence-corrected chi connectivity index (χ0v) is 15.8. The van der Waals surface area contributed by atoms with Crippen LogP contribution in [0, 0.1) is 12.7 Å². The smallest absolute Gasteiger partial charge is 0.261 e. The van der Waals surface area contributed by atoms with Crippen molar-refractivity contribution >= 4 is 37.4 Å². The van der Waals surface area contributed by atoms with Crippen LogP contribution in [0.3, 0.4) is 0 Å². The first-order valence-electron chi connectivity index (χ1n) is 8.03. The Morgan fingerprint density at radius 1 is 1.07 bits per heavy atom. The van der Waals surface area contributed by atoms with E-state index in [2.05, 4.69) is 14.7 Å². The van der Waals surface area contributed by atoms with Gasteiger partial charge < -0.3 is 0 Å². The molecule has 0 saturated carbocycles. The molecule has 2 aromatic carbocycles. The monoisotopic (exact) mass is 399 g/mol. The number of aromatic nitrogens is 2. The molecule has 1 N–H and O–H groups in total. The maximum Gasteiger partial charge on any atom is 0.261 e. The van der Waals surface area contributed by atoms with Crippen molar-refractivity contribution in [1.29, 1.82) is 0 Å². The third-order valence-electron chi connectivity index (χ3n) is 4.01. The fourth-order valence-electron chi connectivity index (χ4n) is 2.62. The van der Waals surface area contributed by atoms with Crippen LogP contribution in [-0.2, 0) is 10.0 Å². The number of halogens is 1. The van der Waals surface area contributed by atoms with Crippen LogP contribution in [0.4, 0.5) is 10.1 Å². The van der Waals surface area contributed by atoms with Gasteiger partial charge >= 0.3 is 0 Å². The van der Waals surface area contributed by atoms with Crippen LogP contribution in [0.2, 0.25) is 0 Å². The van der Waals surface area contributed by atoms with Crippen molar-refractivity contribution in [3.05, 3.63) is 72.2 Å². The first-order chi connectivity index (χ1) is 12.9. The number of hydrogen-bond donors (Lipinski definition) is 1. The lowest BCUT2D eigenvalue weighted by Gasteiger charge is -2.11. The molecule has 0 amide bonds. The minimum atomic E-state index is -3.79. The number of anilines is 1. The van der Waals surface area contributed by atoms with Crippen molar-refractivity contribution < 1.29 is 12.8 Å². The first-order valence-corrected chi connectivity index (χ1v) is 10.3. The van der Waals surface area contributed by atoms with Gasteiger partial charge in [-0.3, -0.25) is 4.72 Å². The van der Waals surface area contributed by atoms with Gasteiger partial charge in [0.15, 0.2) is 0 Å². The Bertz CT molecular complexity index is 1200. The fraction of sp³-hybridized carbons (Fsp3) is 0.0526. The third-order valence-corrected chi connectivity index (χ3v) is 6.42. The maximum atomic E-state index is 13.0. The van der Waals surface area contributed by atoms with Crippen molar-refractivity contribution in [1.82, 2.24) is 9.97 Å². The summed E-state index contributed by atoms with van der Waals surface area (Å²) in [6.45, 7) is 1.82. The molecule has 0 aliphatic carbocycles. The summed E-state index contributed by atoms with van der Waals surface area (Å²) in [5.74, 6) is -0.486. The SMILES string of the molecule is Cc1cc(-c2nc3cccnc3s2)ccc1NS(=O)(=O)c1ccc(F)cc1. The van der Waals surface area contributed by atoms with Gasteiger partial charge in [0.05, 0.1) is 10.6 Å². The van der Waals surface area contributed by atoms with Crippen LogP contribution in [0.5, 0.6) is 0 Å². The van der Waals surface area contributed by atoms with Crippen LogP contribution < -0.4 is 4.72 Å². The Morgan fingerprint density at radius 2 is 1.85 bits per heavy atom. The Labute approximate surface area is 159 Å². The standard InChI is InChI=1S/C19H14FN3O2S2/c1-12-11-13(18-22-17-3-2-10-21-19(17)26-18)4-9-16(12)23-27(24,25)15-7-5-14(20)6-8-15/h2-11,23H,1H3. The van der Waals surface area contributed by atoms with E-state index in [4.69, 9.17) is 0 Å². The average Bonchev–Trinajstić information content (AvgIpc) is 3.08. The van der Waals surface area contributed by atoms with E-state index in [0.717, 1.165) is 38.6 Å². The Kier molecular flexibility index (Phi) is 4.37. The van der Waals surface area contributed by atoms with E-state index in [9.17, 15) is 12.8 Å². The molecule has 0 bridgehead atoms. The minimum absolute atomic E-state index is 0.00428. The molecule has 4 aromatic rings. The normalized spacial score (nSPS) is 11.6. The lowest BCUT2D eigenvalue weighted by Crippen LogP contribution is -2.13. The number of thiazole rings is 1. The Hall–Kier alpha value is -2.84. The minimum Gasteiger partial charge on any atom is -0.279 e. The summed E-state index contributed by atoms with van der Waals surface area (Å²) in [5.41, 5.74) is 2.93. The van der Waals surface area contributed by atoms with Gasteiger partial charge in [-0.05, 0) is 67.1 Å². The van der Waals surface area contributed by atoms with Crippen molar-refractivity contribution in [2.75, 3.05) is 4.72 Å². The molecule has 0 unspecified atom stereocenters. The van der Waals surface area contributed by atoms with Crippen LogP contribution in [0.1, 0.15) is 5.56 Å². The molecule has 2 heterocycles. The van der Waals surface area contributed by atoms with E-state index in [-0.39, 0.29) is 4.90 Å². The van der Waals surface area contributed by atoms with Gasteiger partial charge in [-0.15, -0.1) is 0 Å². The van der Waals surface area contributed by atoms with Gasteiger partial charge in [-0.25, -0.2) is 22.8 Å². The number of hydrogen-bond acceptors (Lipinski definition) is 5. The number of sulfonamides is 1. The summed E-state index contributed by atoms with van der Waals surface area (Å²) in [7, 11) is -3.79.